The first-order valence-electron chi connectivity index (χ1n) is 8.76. The quantitative estimate of drug-likeness (QED) is 0.727. The number of carbonyl (C=O) groups is 1. The zero-order valence-electron chi connectivity index (χ0n) is 15.9. The summed E-state index contributed by atoms with van der Waals surface area (Å²) in [7, 11) is 0. The highest BCUT2D eigenvalue weighted by Crippen LogP contribution is 2.32. The third-order valence-electron chi connectivity index (χ3n) is 3.93. The molecule has 2 aromatic rings. The van der Waals surface area contributed by atoms with E-state index in [9.17, 15) is 23.2 Å². The number of benzene rings is 1. The molecular weight excluding hydrogens is 387 g/mol. The summed E-state index contributed by atoms with van der Waals surface area (Å²) in [6.07, 6.45) is -4.50. The van der Waals surface area contributed by atoms with Gasteiger partial charge in [-0.25, -0.2) is 4.79 Å². The molecular formula is C20H20F3N3O3. The molecule has 0 fully saturated rings. The van der Waals surface area contributed by atoms with E-state index in [0.717, 1.165) is 12.3 Å². The van der Waals surface area contributed by atoms with E-state index in [1.165, 1.54) is 24.3 Å². The first kappa shape index (κ1) is 22.0. The molecule has 6 nitrogen and oxygen atoms in total. The second-order valence-electron chi connectivity index (χ2n) is 6.75. The lowest BCUT2D eigenvalue weighted by atomic mass is 10.0. The molecule has 0 saturated heterocycles. The van der Waals surface area contributed by atoms with Crippen molar-refractivity contribution >= 4 is 6.09 Å². The lowest BCUT2D eigenvalue weighted by Crippen LogP contribution is -2.29. The van der Waals surface area contributed by atoms with Crippen LogP contribution in [-0.2, 0) is 10.9 Å². The summed E-state index contributed by atoms with van der Waals surface area (Å²) in [5.74, 6) is 0.443. The average Bonchev–Trinajstić information content (AvgIpc) is 2.64. The minimum Gasteiger partial charge on any atom is -0.488 e. The highest BCUT2D eigenvalue weighted by atomic mass is 19.4. The average molecular weight is 407 g/mol. The lowest BCUT2D eigenvalue weighted by Gasteiger charge is -2.19. The lowest BCUT2D eigenvalue weighted by molar-refractivity contribution is -0.141. The molecule has 0 saturated carbocycles. The number of nitrogens with two attached hydrogens (primary N) is 1. The maximum atomic E-state index is 12.9. The van der Waals surface area contributed by atoms with E-state index < -0.39 is 24.1 Å². The summed E-state index contributed by atoms with van der Waals surface area (Å²) in [6.45, 7) is 3.87. The molecule has 9 heteroatoms. The SMILES string of the molecule is CC(C)C[C@@H](COc1ccc(-c2ccnc(C(F)(F)F)c2)cc1C#N)OC(N)=O. The van der Waals surface area contributed by atoms with Gasteiger partial charge in [0.2, 0.25) is 0 Å². The minimum absolute atomic E-state index is 0.0113. The number of hydrogen-bond acceptors (Lipinski definition) is 5. The second-order valence-corrected chi connectivity index (χ2v) is 6.75. The topological polar surface area (TPSA) is 98.2 Å². The van der Waals surface area contributed by atoms with E-state index in [1.54, 1.807) is 0 Å². The summed E-state index contributed by atoms with van der Waals surface area (Å²) in [6, 6.07) is 8.75. The van der Waals surface area contributed by atoms with Gasteiger partial charge in [0.1, 0.15) is 30.2 Å². The normalized spacial score (nSPS) is 12.3. The molecule has 1 atom stereocenters. The largest absolute Gasteiger partial charge is 0.488 e. The van der Waals surface area contributed by atoms with Gasteiger partial charge in [0.05, 0.1) is 5.56 Å². The van der Waals surface area contributed by atoms with Gasteiger partial charge in [-0.1, -0.05) is 19.9 Å². The predicted molar refractivity (Wildman–Crippen MR) is 98.8 cm³/mol. The molecule has 0 aliphatic rings. The fraction of sp³-hybridized carbons (Fsp3) is 0.350. The van der Waals surface area contributed by atoms with E-state index in [1.807, 2.05) is 19.9 Å². The number of nitrogens with zero attached hydrogens (tertiary/aromatic N) is 2. The molecule has 0 unspecified atom stereocenters. The summed E-state index contributed by atoms with van der Waals surface area (Å²) in [5.41, 5.74) is 4.86. The van der Waals surface area contributed by atoms with Gasteiger partial charge in [0.15, 0.2) is 0 Å². The zero-order chi connectivity index (χ0) is 21.6. The van der Waals surface area contributed by atoms with E-state index in [0.29, 0.717) is 12.0 Å². The van der Waals surface area contributed by atoms with Crippen LogP contribution in [0.15, 0.2) is 36.5 Å². The molecule has 1 heterocycles. The summed E-state index contributed by atoms with van der Waals surface area (Å²) in [4.78, 5) is 14.4. The van der Waals surface area contributed by atoms with Crippen LogP contribution in [0.2, 0.25) is 0 Å². The van der Waals surface area contributed by atoms with Crippen molar-refractivity contribution in [3.05, 3.63) is 47.8 Å². The third kappa shape index (κ3) is 6.38. The Morgan fingerprint density at radius 2 is 1.93 bits per heavy atom. The van der Waals surface area contributed by atoms with Crippen LogP contribution in [0.1, 0.15) is 31.5 Å². The van der Waals surface area contributed by atoms with Crippen LogP contribution in [-0.4, -0.2) is 23.8 Å². The monoisotopic (exact) mass is 407 g/mol. The van der Waals surface area contributed by atoms with Crippen molar-refractivity contribution in [1.29, 1.82) is 5.26 Å². The number of rotatable bonds is 7. The fourth-order valence-corrected chi connectivity index (χ4v) is 2.71. The maximum Gasteiger partial charge on any atom is 0.433 e. The van der Waals surface area contributed by atoms with Crippen molar-refractivity contribution in [2.75, 3.05) is 6.61 Å². The van der Waals surface area contributed by atoms with Crippen LogP contribution in [0, 0.1) is 17.2 Å². The summed E-state index contributed by atoms with van der Waals surface area (Å²) < 4.78 is 49.2. The number of nitriles is 1. The van der Waals surface area contributed by atoms with Crippen LogP contribution >= 0.6 is 0 Å². The number of hydrogen-bond donors (Lipinski definition) is 1. The Balaban J connectivity index is 2.23. The molecule has 1 aromatic heterocycles. The van der Waals surface area contributed by atoms with Crippen molar-refractivity contribution < 1.29 is 27.4 Å². The maximum absolute atomic E-state index is 12.9. The molecule has 0 spiro atoms. The number of ether oxygens (including phenoxy) is 2. The molecule has 0 bridgehead atoms. The first-order chi connectivity index (χ1) is 13.6. The molecule has 1 amide bonds. The van der Waals surface area contributed by atoms with Crippen molar-refractivity contribution in [3.8, 4) is 22.9 Å². The van der Waals surface area contributed by atoms with Crippen molar-refractivity contribution in [2.24, 2.45) is 11.7 Å². The first-order valence-corrected chi connectivity index (χ1v) is 8.76. The van der Waals surface area contributed by atoms with Gasteiger partial charge >= 0.3 is 12.3 Å². The smallest absolute Gasteiger partial charge is 0.433 e. The Morgan fingerprint density at radius 1 is 1.24 bits per heavy atom. The molecule has 2 rings (SSSR count). The number of amides is 1. The number of carbonyl (C=O) groups excluding carboxylic acids is 1. The number of alkyl halides is 3. The number of pyridine rings is 1. The van der Waals surface area contributed by atoms with E-state index in [-0.39, 0.29) is 29.4 Å². The van der Waals surface area contributed by atoms with Gasteiger partial charge in [-0.3, -0.25) is 4.98 Å². The van der Waals surface area contributed by atoms with Crippen LogP contribution in [0.4, 0.5) is 18.0 Å². The van der Waals surface area contributed by atoms with Crippen LogP contribution < -0.4 is 10.5 Å². The van der Waals surface area contributed by atoms with Crippen LogP contribution in [0.25, 0.3) is 11.1 Å². The highest BCUT2D eigenvalue weighted by Gasteiger charge is 2.32. The van der Waals surface area contributed by atoms with Crippen molar-refractivity contribution in [1.82, 2.24) is 4.98 Å². The van der Waals surface area contributed by atoms with Gasteiger partial charge < -0.3 is 15.2 Å². The minimum atomic E-state index is -4.57. The highest BCUT2D eigenvalue weighted by molar-refractivity contribution is 5.67. The molecule has 1 aromatic carbocycles. The molecule has 29 heavy (non-hydrogen) atoms. The van der Waals surface area contributed by atoms with Crippen molar-refractivity contribution in [3.63, 3.8) is 0 Å². The Hall–Kier alpha value is -3.28. The number of halogens is 3. The Bertz CT molecular complexity index is 908. The molecule has 0 aliphatic carbocycles. The van der Waals surface area contributed by atoms with Gasteiger partial charge in [0.25, 0.3) is 0 Å². The summed E-state index contributed by atoms with van der Waals surface area (Å²) in [5, 5.41) is 9.40. The molecule has 154 valence electrons. The standard InChI is InChI=1S/C20H20F3N3O3/c1-12(2)7-16(29-19(25)27)11-28-17-4-3-13(8-15(17)10-24)14-5-6-26-18(9-14)20(21,22)23/h3-6,8-9,12,16H,7,11H2,1-2H3,(H2,25,27)/t16-/m0/s1. The summed E-state index contributed by atoms with van der Waals surface area (Å²) >= 11 is 0. The third-order valence-corrected chi connectivity index (χ3v) is 3.93. The van der Waals surface area contributed by atoms with E-state index in [4.69, 9.17) is 15.2 Å². The molecule has 0 aliphatic heterocycles. The van der Waals surface area contributed by atoms with E-state index in [2.05, 4.69) is 4.98 Å². The van der Waals surface area contributed by atoms with Gasteiger partial charge in [-0.2, -0.15) is 18.4 Å². The molecule has 2 N–H and O–H groups in total. The van der Waals surface area contributed by atoms with Gasteiger partial charge in [-0.05, 0) is 47.7 Å². The number of primary amides is 1. The fourth-order valence-electron chi connectivity index (χ4n) is 2.71. The molecule has 0 radical (unpaired) electrons. The van der Waals surface area contributed by atoms with Gasteiger partial charge in [-0.15, -0.1) is 0 Å². The Labute approximate surface area is 166 Å². The van der Waals surface area contributed by atoms with E-state index >= 15 is 0 Å². The van der Waals surface area contributed by atoms with Crippen LogP contribution in [0.3, 0.4) is 0 Å². The Kier molecular flexibility index (Phi) is 7.04. The van der Waals surface area contributed by atoms with Crippen molar-refractivity contribution in [2.45, 2.75) is 32.5 Å². The second kappa shape index (κ2) is 9.28. The zero-order valence-corrected chi connectivity index (χ0v) is 15.9. The van der Waals surface area contributed by atoms with Gasteiger partial charge in [0, 0.05) is 6.20 Å². The predicted octanol–water partition coefficient (Wildman–Crippen LogP) is 4.53. The Morgan fingerprint density at radius 3 is 2.52 bits per heavy atom. The number of aromatic nitrogens is 1. The van der Waals surface area contributed by atoms with Crippen LogP contribution in [0.5, 0.6) is 5.75 Å².